The lowest BCUT2D eigenvalue weighted by molar-refractivity contribution is 0.0945. The van der Waals surface area contributed by atoms with Crippen molar-refractivity contribution in [3.8, 4) is 17.2 Å². The number of carbonyl (C=O) groups excluding carboxylic acids is 1. The van der Waals surface area contributed by atoms with Crippen LogP contribution in [0.3, 0.4) is 0 Å². The Morgan fingerprint density at radius 2 is 1.93 bits per heavy atom. The number of para-hydroxylation sites is 2. The minimum absolute atomic E-state index is 0.218. The van der Waals surface area contributed by atoms with Crippen LogP contribution in [0.2, 0.25) is 0 Å². The van der Waals surface area contributed by atoms with Gasteiger partial charge in [0.15, 0.2) is 23.0 Å². The molecule has 0 fully saturated rings. The lowest BCUT2D eigenvalue weighted by Gasteiger charge is -2.11. The van der Waals surface area contributed by atoms with Crippen molar-refractivity contribution >= 4 is 17.4 Å². The average Bonchev–Trinajstić information content (AvgIpc) is 3.22. The van der Waals surface area contributed by atoms with Crippen molar-refractivity contribution in [3.05, 3.63) is 65.9 Å². The third-order valence-electron chi connectivity index (χ3n) is 4.24. The molecular formula is C21H20N4O4. The minimum atomic E-state index is -0.309. The van der Waals surface area contributed by atoms with Gasteiger partial charge in [0.2, 0.25) is 6.79 Å². The molecule has 1 aliphatic rings. The van der Waals surface area contributed by atoms with Gasteiger partial charge in [-0.25, -0.2) is 0 Å². The van der Waals surface area contributed by atoms with Gasteiger partial charge in [-0.3, -0.25) is 4.79 Å². The molecule has 1 aliphatic heterocycles. The molecule has 0 aliphatic carbocycles. The second-order valence-electron chi connectivity index (χ2n) is 6.23. The molecule has 0 atom stereocenters. The van der Waals surface area contributed by atoms with Crippen molar-refractivity contribution in [3.63, 3.8) is 0 Å². The van der Waals surface area contributed by atoms with Crippen LogP contribution >= 0.6 is 0 Å². The molecule has 2 N–H and O–H groups in total. The summed E-state index contributed by atoms with van der Waals surface area (Å²) in [6.07, 6.45) is 0. The summed E-state index contributed by atoms with van der Waals surface area (Å²) in [4.78, 5) is 12.4. The van der Waals surface area contributed by atoms with Gasteiger partial charge in [-0.2, -0.15) is 0 Å². The molecule has 8 nitrogen and oxygen atoms in total. The maximum absolute atomic E-state index is 12.4. The number of fused-ring (bicyclic) bond motifs is 1. The topological polar surface area (TPSA) is 94.6 Å². The van der Waals surface area contributed by atoms with Gasteiger partial charge < -0.3 is 24.8 Å². The maximum atomic E-state index is 12.4. The van der Waals surface area contributed by atoms with Crippen LogP contribution in [0.1, 0.15) is 23.0 Å². The molecule has 0 saturated heterocycles. The van der Waals surface area contributed by atoms with E-state index in [2.05, 4.69) is 20.8 Å². The number of hydrogen-bond donors (Lipinski definition) is 2. The van der Waals surface area contributed by atoms with Crippen molar-refractivity contribution in [1.82, 2.24) is 15.5 Å². The summed E-state index contributed by atoms with van der Waals surface area (Å²) in [5.74, 6) is 2.32. The van der Waals surface area contributed by atoms with Crippen LogP contribution in [0.15, 0.2) is 54.6 Å². The van der Waals surface area contributed by atoms with E-state index in [1.165, 1.54) is 0 Å². The standard InChI is InChI=1S/C21H20N4O4/c1-2-27-17-6-4-3-5-15(17)23-20-10-8-16(24-25-20)21(26)22-12-14-7-9-18-19(11-14)29-13-28-18/h3-11H,2,12-13H2,1H3,(H,22,26)(H,23,25). The van der Waals surface area contributed by atoms with E-state index in [0.29, 0.717) is 30.5 Å². The number of rotatable bonds is 7. The molecule has 3 aromatic rings. The molecule has 148 valence electrons. The minimum Gasteiger partial charge on any atom is -0.492 e. The SMILES string of the molecule is CCOc1ccccc1Nc1ccc(C(=O)NCc2ccc3c(c2)OCO3)nn1. The summed E-state index contributed by atoms with van der Waals surface area (Å²) >= 11 is 0. The lowest BCUT2D eigenvalue weighted by Crippen LogP contribution is -2.24. The van der Waals surface area contributed by atoms with E-state index in [1.54, 1.807) is 12.1 Å². The van der Waals surface area contributed by atoms with E-state index in [4.69, 9.17) is 14.2 Å². The number of nitrogens with zero attached hydrogens (tertiary/aromatic N) is 2. The number of amides is 1. The van der Waals surface area contributed by atoms with Gasteiger partial charge in [0, 0.05) is 6.54 Å². The van der Waals surface area contributed by atoms with E-state index < -0.39 is 0 Å². The van der Waals surface area contributed by atoms with Crippen LogP contribution in [0.4, 0.5) is 11.5 Å². The van der Waals surface area contributed by atoms with E-state index >= 15 is 0 Å². The van der Waals surface area contributed by atoms with Crippen molar-refractivity contribution in [2.24, 2.45) is 0 Å². The van der Waals surface area contributed by atoms with Crippen molar-refractivity contribution in [2.45, 2.75) is 13.5 Å². The molecule has 0 unspecified atom stereocenters. The van der Waals surface area contributed by atoms with Gasteiger partial charge in [-0.15, -0.1) is 10.2 Å². The lowest BCUT2D eigenvalue weighted by atomic mass is 10.2. The summed E-state index contributed by atoms with van der Waals surface area (Å²) in [6, 6.07) is 16.4. The zero-order valence-electron chi connectivity index (χ0n) is 15.8. The van der Waals surface area contributed by atoms with Gasteiger partial charge in [0.1, 0.15) is 5.75 Å². The van der Waals surface area contributed by atoms with Crippen molar-refractivity contribution < 1.29 is 19.0 Å². The maximum Gasteiger partial charge on any atom is 0.272 e. The van der Waals surface area contributed by atoms with Crippen LogP contribution in [0, 0.1) is 0 Å². The largest absolute Gasteiger partial charge is 0.492 e. The number of anilines is 2. The Bertz CT molecular complexity index is 1010. The molecule has 4 rings (SSSR count). The Kier molecular flexibility index (Phi) is 5.42. The quantitative estimate of drug-likeness (QED) is 0.637. The van der Waals surface area contributed by atoms with E-state index in [1.807, 2.05) is 49.4 Å². The first kappa shape index (κ1) is 18.5. The van der Waals surface area contributed by atoms with Gasteiger partial charge >= 0.3 is 0 Å². The molecule has 2 heterocycles. The monoisotopic (exact) mass is 392 g/mol. The van der Waals surface area contributed by atoms with Crippen LogP contribution in [-0.2, 0) is 6.54 Å². The molecule has 1 aromatic heterocycles. The highest BCUT2D eigenvalue weighted by Gasteiger charge is 2.14. The number of nitrogens with one attached hydrogen (secondary N) is 2. The van der Waals surface area contributed by atoms with E-state index in [0.717, 1.165) is 17.0 Å². The Labute approximate surface area is 167 Å². The summed E-state index contributed by atoms with van der Waals surface area (Å²) < 4.78 is 16.2. The summed E-state index contributed by atoms with van der Waals surface area (Å²) in [6.45, 7) is 3.05. The smallest absolute Gasteiger partial charge is 0.272 e. The fourth-order valence-electron chi connectivity index (χ4n) is 2.83. The van der Waals surface area contributed by atoms with E-state index in [-0.39, 0.29) is 18.4 Å². The van der Waals surface area contributed by atoms with Crippen molar-refractivity contribution in [2.75, 3.05) is 18.7 Å². The van der Waals surface area contributed by atoms with E-state index in [9.17, 15) is 4.79 Å². The van der Waals surface area contributed by atoms with Gasteiger partial charge in [-0.05, 0) is 48.9 Å². The molecule has 2 aromatic carbocycles. The second-order valence-corrected chi connectivity index (χ2v) is 6.23. The van der Waals surface area contributed by atoms with Crippen LogP contribution < -0.4 is 24.8 Å². The Hall–Kier alpha value is -3.81. The molecule has 8 heteroatoms. The number of ether oxygens (including phenoxy) is 3. The first-order chi connectivity index (χ1) is 14.2. The third kappa shape index (κ3) is 4.37. The first-order valence-electron chi connectivity index (χ1n) is 9.22. The highest BCUT2D eigenvalue weighted by Crippen LogP contribution is 2.32. The summed E-state index contributed by atoms with van der Waals surface area (Å²) in [5.41, 5.74) is 1.92. The fraction of sp³-hybridized carbons (Fsp3) is 0.190. The van der Waals surface area contributed by atoms with Gasteiger partial charge in [0.05, 0.1) is 12.3 Å². The summed E-state index contributed by atoms with van der Waals surface area (Å²) in [5, 5.41) is 14.1. The predicted octanol–water partition coefficient (Wildman–Crippen LogP) is 3.28. The molecule has 0 spiro atoms. The molecular weight excluding hydrogens is 372 g/mol. The van der Waals surface area contributed by atoms with Crippen LogP contribution in [0.25, 0.3) is 0 Å². The zero-order valence-corrected chi connectivity index (χ0v) is 15.8. The van der Waals surface area contributed by atoms with Gasteiger partial charge in [-0.1, -0.05) is 18.2 Å². The number of carbonyl (C=O) groups is 1. The Morgan fingerprint density at radius 3 is 2.76 bits per heavy atom. The Balaban J connectivity index is 1.37. The van der Waals surface area contributed by atoms with Crippen LogP contribution in [0.5, 0.6) is 17.2 Å². The summed E-state index contributed by atoms with van der Waals surface area (Å²) in [7, 11) is 0. The normalized spacial score (nSPS) is 11.8. The molecule has 29 heavy (non-hydrogen) atoms. The predicted molar refractivity (Wildman–Crippen MR) is 107 cm³/mol. The zero-order chi connectivity index (χ0) is 20.1. The molecule has 1 amide bonds. The van der Waals surface area contributed by atoms with Gasteiger partial charge in [0.25, 0.3) is 5.91 Å². The first-order valence-corrected chi connectivity index (χ1v) is 9.22. The van der Waals surface area contributed by atoms with Crippen molar-refractivity contribution in [1.29, 1.82) is 0 Å². The van der Waals surface area contributed by atoms with Crippen LogP contribution in [-0.4, -0.2) is 29.5 Å². The third-order valence-corrected chi connectivity index (χ3v) is 4.24. The molecule has 0 radical (unpaired) electrons. The molecule has 0 saturated carbocycles. The Morgan fingerprint density at radius 1 is 1.07 bits per heavy atom. The number of hydrogen-bond acceptors (Lipinski definition) is 7. The number of aromatic nitrogens is 2. The number of benzene rings is 2. The highest BCUT2D eigenvalue weighted by molar-refractivity contribution is 5.92. The second kappa shape index (κ2) is 8.47. The highest BCUT2D eigenvalue weighted by atomic mass is 16.7. The molecule has 0 bridgehead atoms. The average molecular weight is 392 g/mol. The fourth-order valence-corrected chi connectivity index (χ4v) is 2.83.